The third-order valence-electron chi connectivity index (χ3n) is 5.08. The second kappa shape index (κ2) is 8.68. The molecule has 0 radical (unpaired) electrons. The van der Waals surface area contributed by atoms with Gasteiger partial charge in [-0.1, -0.05) is 13.8 Å². The third kappa shape index (κ3) is 5.28. The minimum Gasteiger partial charge on any atom is -0.379 e. The predicted molar refractivity (Wildman–Crippen MR) is 104 cm³/mol. The van der Waals surface area contributed by atoms with Crippen LogP contribution in [0.4, 0.5) is 5.69 Å². The van der Waals surface area contributed by atoms with Crippen LogP contribution < -0.4 is 5.32 Å². The zero-order valence-electron chi connectivity index (χ0n) is 16.1. The number of benzene rings is 1. The predicted octanol–water partition coefficient (Wildman–Crippen LogP) is 1.62. The van der Waals surface area contributed by atoms with Crippen LogP contribution >= 0.6 is 0 Å². The molecule has 7 nitrogen and oxygen atoms in total. The molecule has 0 saturated carbocycles. The Morgan fingerprint density at radius 3 is 2.30 bits per heavy atom. The van der Waals surface area contributed by atoms with Gasteiger partial charge < -0.3 is 10.1 Å². The van der Waals surface area contributed by atoms with Crippen molar-refractivity contribution in [2.45, 2.75) is 25.2 Å². The quantitative estimate of drug-likeness (QED) is 0.820. The molecule has 0 aromatic heterocycles. The number of sulfonamides is 1. The van der Waals surface area contributed by atoms with Crippen LogP contribution in [0, 0.1) is 11.8 Å². The molecule has 150 valence electrons. The fourth-order valence-corrected chi connectivity index (χ4v) is 5.50. The first-order chi connectivity index (χ1) is 12.8. The van der Waals surface area contributed by atoms with Gasteiger partial charge in [-0.3, -0.25) is 9.69 Å². The van der Waals surface area contributed by atoms with Gasteiger partial charge in [0.25, 0.3) is 0 Å². The number of hydrogen-bond acceptors (Lipinski definition) is 5. The molecule has 2 aliphatic rings. The van der Waals surface area contributed by atoms with Crippen LogP contribution in [0.3, 0.4) is 0 Å². The van der Waals surface area contributed by atoms with Gasteiger partial charge in [0.05, 0.1) is 24.7 Å². The highest BCUT2D eigenvalue weighted by Crippen LogP contribution is 2.27. The number of piperidine rings is 1. The van der Waals surface area contributed by atoms with E-state index in [4.69, 9.17) is 4.74 Å². The maximum Gasteiger partial charge on any atom is 0.243 e. The Kier molecular flexibility index (Phi) is 6.52. The van der Waals surface area contributed by atoms with Crippen LogP contribution in [0.25, 0.3) is 0 Å². The van der Waals surface area contributed by atoms with E-state index in [1.807, 2.05) is 4.90 Å². The molecule has 2 saturated heterocycles. The van der Waals surface area contributed by atoms with Crippen molar-refractivity contribution in [2.24, 2.45) is 11.8 Å². The largest absolute Gasteiger partial charge is 0.379 e. The minimum atomic E-state index is -3.50. The number of anilines is 1. The average Bonchev–Trinajstić information content (AvgIpc) is 2.62. The molecular weight excluding hydrogens is 366 g/mol. The number of hydrogen-bond donors (Lipinski definition) is 1. The number of carbonyl (C=O) groups excluding carboxylic acids is 1. The van der Waals surface area contributed by atoms with Crippen molar-refractivity contribution in [3.8, 4) is 0 Å². The van der Waals surface area contributed by atoms with Gasteiger partial charge in [-0.15, -0.1) is 0 Å². The highest BCUT2D eigenvalue weighted by atomic mass is 32.2. The van der Waals surface area contributed by atoms with Crippen LogP contribution in [0.2, 0.25) is 0 Å². The van der Waals surface area contributed by atoms with Crippen molar-refractivity contribution in [1.29, 1.82) is 0 Å². The van der Waals surface area contributed by atoms with E-state index in [0.29, 0.717) is 50.4 Å². The zero-order chi connectivity index (χ0) is 19.4. The average molecular weight is 396 g/mol. The van der Waals surface area contributed by atoms with Crippen LogP contribution in [-0.2, 0) is 19.6 Å². The lowest BCUT2D eigenvalue weighted by molar-refractivity contribution is -0.118. The summed E-state index contributed by atoms with van der Waals surface area (Å²) in [7, 11) is -3.50. The number of nitrogens with zero attached hydrogens (tertiary/aromatic N) is 2. The molecule has 0 spiro atoms. The topological polar surface area (TPSA) is 79.0 Å². The molecule has 3 rings (SSSR count). The Morgan fingerprint density at radius 2 is 1.70 bits per heavy atom. The summed E-state index contributed by atoms with van der Waals surface area (Å²) < 4.78 is 32.6. The second-order valence-electron chi connectivity index (χ2n) is 7.73. The highest BCUT2D eigenvalue weighted by molar-refractivity contribution is 7.89. The van der Waals surface area contributed by atoms with Gasteiger partial charge in [0.2, 0.25) is 15.9 Å². The zero-order valence-corrected chi connectivity index (χ0v) is 16.9. The first-order valence-corrected chi connectivity index (χ1v) is 11.0. The molecule has 1 aromatic carbocycles. The molecule has 2 fully saturated rings. The summed E-state index contributed by atoms with van der Waals surface area (Å²) in [6, 6.07) is 6.45. The number of rotatable bonds is 5. The van der Waals surface area contributed by atoms with Crippen LogP contribution in [0.1, 0.15) is 20.3 Å². The number of carbonyl (C=O) groups is 1. The molecule has 1 N–H and O–H groups in total. The number of nitrogens with one attached hydrogen (secondary N) is 1. The normalized spacial score (nSPS) is 25.3. The van der Waals surface area contributed by atoms with Crippen LogP contribution in [-0.4, -0.2) is 69.5 Å². The van der Waals surface area contributed by atoms with Crippen molar-refractivity contribution in [1.82, 2.24) is 9.21 Å². The smallest absolute Gasteiger partial charge is 0.243 e. The summed E-state index contributed by atoms with van der Waals surface area (Å²) in [6.07, 6.45) is 1.06. The van der Waals surface area contributed by atoms with Gasteiger partial charge >= 0.3 is 0 Å². The summed E-state index contributed by atoms with van der Waals surface area (Å²) in [5.74, 6) is 0.621. The molecule has 0 unspecified atom stereocenters. The molecule has 0 bridgehead atoms. The maximum atomic E-state index is 12.9. The van der Waals surface area contributed by atoms with Gasteiger partial charge in [-0.25, -0.2) is 8.42 Å². The Bertz CT molecular complexity index is 735. The van der Waals surface area contributed by atoms with Crippen molar-refractivity contribution in [2.75, 3.05) is 51.3 Å². The maximum absolute atomic E-state index is 12.9. The van der Waals surface area contributed by atoms with Gasteiger partial charge in [0.15, 0.2) is 0 Å². The SMILES string of the molecule is C[C@H]1C[C@H](C)CN(S(=O)(=O)c2ccc(NC(=O)CN3CCOCC3)cc2)C1. The van der Waals surface area contributed by atoms with Crippen molar-refractivity contribution in [3.05, 3.63) is 24.3 Å². The van der Waals surface area contributed by atoms with E-state index in [-0.39, 0.29) is 10.8 Å². The summed E-state index contributed by atoms with van der Waals surface area (Å²) in [4.78, 5) is 14.5. The Morgan fingerprint density at radius 1 is 1.11 bits per heavy atom. The lowest BCUT2D eigenvalue weighted by Crippen LogP contribution is -2.42. The molecule has 8 heteroatoms. The van der Waals surface area contributed by atoms with Gasteiger partial charge in [0.1, 0.15) is 0 Å². The summed E-state index contributed by atoms with van der Waals surface area (Å²) in [5.41, 5.74) is 0.604. The fraction of sp³-hybridized carbons (Fsp3) is 0.632. The van der Waals surface area contributed by atoms with E-state index in [0.717, 1.165) is 19.5 Å². The van der Waals surface area contributed by atoms with E-state index in [2.05, 4.69) is 19.2 Å². The molecule has 1 amide bonds. The first kappa shape index (κ1) is 20.3. The van der Waals surface area contributed by atoms with Gasteiger partial charge in [-0.2, -0.15) is 4.31 Å². The molecule has 1 aromatic rings. The van der Waals surface area contributed by atoms with Crippen molar-refractivity contribution >= 4 is 21.6 Å². The first-order valence-electron chi connectivity index (χ1n) is 9.55. The second-order valence-corrected chi connectivity index (χ2v) is 9.67. The van der Waals surface area contributed by atoms with Crippen molar-refractivity contribution in [3.63, 3.8) is 0 Å². The number of morpholine rings is 1. The fourth-order valence-electron chi connectivity index (χ4n) is 3.82. The lowest BCUT2D eigenvalue weighted by atomic mass is 9.94. The van der Waals surface area contributed by atoms with Crippen LogP contribution in [0.5, 0.6) is 0 Å². The molecule has 27 heavy (non-hydrogen) atoms. The summed E-state index contributed by atoms with van der Waals surface area (Å²) in [6.45, 7) is 8.40. The molecule has 0 aliphatic carbocycles. The molecular formula is C19H29N3O4S. The van der Waals surface area contributed by atoms with Crippen molar-refractivity contribution < 1.29 is 17.9 Å². The minimum absolute atomic E-state index is 0.105. The standard InChI is InChI=1S/C19H29N3O4S/c1-15-11-16(2)13-22(12-15)27(24,25)18-5-3-17(4-6-18)20-19(23)14-21-7-9-26-10-8-21/h3-6,15-16H,7-14H2,1-2H3,(H,20,23)/t15-,16-/m0/s1. The van der Waals surface area contributed by atoms with Crippen LogP contribution in [0.15, 0.2) is 29.2 Å². The van der Waals surface area contributed by atoms with E-state index in [1.54, 1.807) is 28.6 Å². The van der Waals surface area contributed by atoms with Gasteiger partial charge in [-0.05, 0) is 42.5 Å². The van der Waals surface area contributed by atoms with E-state index in [9.17, 15) is 13.2 Å². The lowest BCUT2D eigenvalue weighted by Gasteiger charge is -2.34. The summed E-state index contributed by atoms with van der Waals surface area (Å²) in [5, 5.41) is 2.83. The van der Waals surface area contributed by atoms with E-state index < -0.39 is 10.0 Å². The number of ether oxygens (including phenoxy) is 1. The molecule has 2 aliphatic heterocycles. The highest BCUT2D eigenvalue weighted by Gasteiger charge is 2.31. The number of amides is 1. The monoisotopic (exact) mass is 395 g/mol. The Balaban J connectivity index is 1.61. The Labute approximate surface area is 161 Å². The Hall–Kier alpha value is -1.48. The third-order valence-corrected chi connectivity index (χ3v) is 6.93. The molecule has 2 heterocycles. The van der Waals surface area contributed by atoms with E-state index in [1.165, 1.54) is 0 Å². The summed E-state index contributed by atoms with van der Waals surface area (Å²) >= 11 is 0. The van der Waals surface area contributed by atoms with Gasteiger partial charge in [0, 0.05) is 31.9 Å². The molecule has 2 atom stereocenters. The van der Waals surface area contributed by atoms with E-state index >= 15 is 0 Å².